The fourth-order valence-corrected chi connectivity index (χ4v) is 3.66. The molecule has 0 saturated heterocycles. The summed E-state index contributed by atoms with van der Waals surface area (Å²) in [6, 6.07) is 14.0. The highest BCUT2D eigenvalue weighted by atomic mass is 19.1. The maximum absolute atomic E-state index is 13.1. The van der Waals surface area contributed by atoms with E-state index in [1.165, 1.54) is 12.1 Å². The van der Waals surface area contributed by atoms with Crippen molar-refractivity contribution in [2.75, 3.05) is 4.90 Å². The van der Waals surface area contributed by atoms with Gasteiger partial charge in [0.1, 0.15) is 5.82 Å². The summed E-state index contributed by atoms with van der Waals surface area (Å²) in [5.74, 6) is 0.281. The van der Waals surface area contributed by atoms with Crippen LogP contribution in [0.25, 0.3) is 11.3 Å². The molecule has 1 aromatic heterocycles. The van der Waals surface area contributed by atoms with Gasteiger partial charge in [-0.15, -0.1) is 0 Å². The first kappa shape index (κ1) is 17.3. The third-order valence-corrected chi connectivity index (χ3v) is 5.06. The van der Waals surface area contributed by atoms with Gasteiger partial charge in [0, 0.05) is 17.3 Å². The minimum absolute atomic E-state index is 0.110. The molecule has 0 spiro atoms. The Kier molecular flexibility index (Phi) is 4.39. The van der Waals surface area contributed by atoms with E-state index in [0.717, 1.165) is 16.8 Å². The second kappa shape index (κ2) is 6.87. The highest BCUT2D eigenvalue weighted by Crippen LogP contribution is 2.39. The zero-order chi connectivity index (χ0) is 19.0. The lowest BCUT2D eigenvalue weighted by molar-refractivity contribution is -0.119. The van der Waals surface area contributed by atoms with Crippen molar-refractivity contribution in [1.82, 2.24) is 4.98 Å². The minimum atomic E-state index is -0.302. The van der Waals surface area contributed by atoms with Crippen molar-refractivity contribution in [3.63, 3.8) is 0 Å². The molecule has 2 N–H and O–H groups in total. The average molecular weight is 365 g/mol. The molecule has 0 aliphatic carbocycles. The van der Waals surface area contributed by atoms with Gasteiger partial charge in [-0.05, 0) is 49.2 Å². The van der Waals surface area contributed by atoms with Crippen LogP contribution in [0.15, 0.2) is 59.1 Å². The Morgan fingerprint density at radius 1 is 1.26 bits per heavy atom. The molecule has 1 aliphatic rings. The minimum Gasteiger partial charge on any atom is -0.439 e. The maximum atomic E-state index is 13.1. The van der Waals surface area contributed by atoms with Gasteiger partial charge in [-0.25, -0.2) is 9.37 Å². The molecular weight excluding hydrogens is 345 g/mol. The van der Waals surface area contributed by atoms with E-state index in [2.05, 4.69) is 16.8 Å². The molecule has 2 aromatic carbocycles. The monoisotopic (exact) mass is 365 g/mol. The number of carbonyl (C=O) groups excluding carboxylic acids is 1. The second-order valence-corrected chi connectivity index (χ2v) is 6.85. The molecule has 2 heterocycles. The highest BCUT2D eigenvalue weighted by molar-refractivity contribution is 5.85. The predicted octanol–water partition coefficient (Wildman–Crippen LogP) is 3.85. The Morgan fingerprint density at radius 3 is 2.74 bits per heavy atom. The molecule has 0 fully saturated rings. The SMILES string of the molecule is C[C@@H]1C[C@@H](C(N)=O)c2ccccc2N1Cc1ncc(-c2ccc(F)cc2)o1. The summed E-state index contributed by atoms with van der Waals surface area (Å²) in [5, 5.41) is 0. The van der Waals surface area contributed by atoms with Crippen molar-refractivity contribution < 1.29 is 13.6 Å². The van der Waals surface area contributed by atoms with E-state index in [-0.39, 0.29) is 23.7 Å². The molecular formula is C21H20FN3O2. The normalized spacial score (nSPS) is 19.0. The number of nitrogens with two attached hydrogens (primary N) is 1. The summed E-state index contributed by atoms with van der Waals surface area (Å²) < 4.78 is 19.0. The second-order valence-electron chi connectivity index (χ2n) is 6.85. The molecule has 0 radical (unpaired) electrons. The van der Waals surface area contributed by atoms with Gasteiger partial charge in [-0.3, -0.25) is 4.79 Å². The molecule has 0 unspecified atom stereocenters. The quantitative estimate of drug-likeness (QED) is 0.762. The van der Waals surface area contributed by atoms with E-state index in [1.54, 1.807) is 18.3 Å². The van der Waals surface area contributed by atoms with E-state index in [4.69, 9.17) is 10.2 Å². The van der Waals surface area contributed by atoms with Crippen LogP contribution in [0.4, 0.5) is 10.1 Å². The van der Waals surface area contributed by atoms with Crippen LogP contribution in [0, 0.1) is 5.82 Å². The van der Waals surface area contributed by atoms with E-state index < -0.39 is 0 Å². The summed E-state index contributed by atoms with van der Waals surface area (Å²) in [6.07, 6.45) is 2.30. The molecule has 0 saturated carbocycles. The number of oxazole rings is 1. The molecule has 5 nitrogen and oxygen atoms in total. The van der Waals surface area contributed by atoms with Crippen molar-refractivity contribution in [3.05, 3.63) is 72.0 Å². The number of anilines is 1. The van der Waals surface area contributed by atoms with Crippen molar-refractivity contribution in [3.8, 4) is 11.3 Å². The topological polar surface area (TPSA) is 72.4 Å². The zero-order valence-electron chi connectivity index (χ0n) is 14.9. The number of primary amides is 1. The van der Waals surface area contributed by atoms with Crippen molar-refractivity contribution in [1.29, 1.82) is 0 Å². The van der Waals surface area contributed by atoms with Crippen molar-refractivity contribution >= 4 is 11.6 Å². The number of amides is 1. The first-order chi connectivity index (χ1) is 13.0. The number of fused-ring (bicyclic) bond motifs is 1. The lowest BCUT2D eigenvalue weighted by atomic mass is 9.85. The molecule has 27 heavy (non-hydrogen) atoms. The third-order valence-electron chi connectivity index (χ3n) is 5.06. The number of rotatable bonds is 4. The molecule has 6 heteroatoms. The summed E-state index contributed by atoms with van der Waals surface area (Å²) in [6.45, 7) is 2.54. The van der Waals surface area contributed by atoms with E-state index in [0.29, 0.717) is 24.6 Å². The maximum Gasteiger partial charge on any atom is 0.225 e. The largest absolute Gasteiger partial charge is 0.439 e. The Balaban J connectivity index is 1.62. The molecule has 3 aromatic rings. The molecule has 2 atom stereocenters. The van der Waals surface area contributed by atoms with Crippen LogP contribution < -0.4 is 10.6 Å². The van der Waals surface area contributed by atoms with Gasteiger partial charge in [0.2, 0.25) is 11.8 Å². The predicted molar refractivity (Wildman–Crippen MR) is 101 cm³/mol. The Bertz CT molecular complexity index is 968. The van der Waals surface area contributed by atoms with Crippen molar-refractivity contribution in [2.24, 2.45) is 5.73 Å². The fourth-order valence-electron chi connectivity index (χ4n) is 3.66. The molecule has 1 amide bonds. The number of aromatic nitrogens is 1. The van der Waals surface area contributed by atoms with Gasteiger partial charge in [-0.1, -0.05) is 18.2 Å². The van der Waals surface area contributed by atoms with Crippen LogP contribution >= 0.6 is 0 Å². The van der Waals surface area contributed by atoms with E-state index >= 15 is 0 Å². The lowest BCUT2D eigenvalue weighted by Crippen LogP contribution is -2.41. The number of hydrogen-bond donors (Lipinski definition) is 1. The van der Waals surface area contributed by atoms with Crippen molar-refractivity contribution in [2.45, 2.75) is 31.8 Å². The summed E-state index contributed by atoms with van der Waals surface area (Å²) in [5.41, 5.74) is 8.29. The molecule has 0 bridgehead atoms. The van der Waals surface area contributed by atoms with Crippen LogP contribution in [0.5, 0.6) is 0 Å². The lowest BCUT2D eigenvalue weighted by Gasteiger charge is -2.39. The van der Waals surface area contributed by atoms with E-state index in [1.807, 2.05) is 24.3 Å². The van der Waals surface area contributed by atoms with Gasteiger partial charge in [-0.2, -0.15) is 0 Å². The molecule has 1 aliphatic heterocycles. The summed E-state index contributed by atoms with van der Waals surface area (Å²) in [7, 11) is 0. The first-order valence-electron chi connectivity index (χ1n) is 8.88. The number of nitrogens with zero attached hydrogens (tertiary/aromatic N) is 2. The van der Waals surface area contributed by atoms with Gasteiger partial charge >= 0.3 is 0 Å². The number of benzene rings is 2. The standard InChI is InChI=1S/C21H20FN3O2/c1-13-10-17(21(23)26)16-4-2-3-5-18(16)25(13)12-20-24-11-19(27-20)14-6-8-15(22)9-7-14/h2-9,11,13,17H,10,12H2,1H3,(H2,23,26)/t13-,17-/m1/s1. The first-order valence-corrected chi connectivity index (χ1v) is 8.88. The Labute approximate surface area is 156 Å². The van der Waals surface area contributed by atoms with Crippen LogP contribution in [0.2, 0.25) is 0 Å². The smallest absolute Gasteiger partial charge is 0.225 e. The fraction of sp³-hybridized carbons (Fsp3) is 0.238. The number of halogens is 1. The zero-order valence-corrected chi connectivity index (χ0v) is 14.9. The number of carbonyl (C=O) groups is 1. The Morgan fingerprint density at radius 2 is 2.00 bits per heavy atom. The summed E-state index contributed by atoms with van der Waals surface area (Å²) >= 11 is 0. The van der Waals surface area contributed by atoms with Gasteiger partial charge < -0.3 is 15.1 Å². The third kappa shape index (κ3) is 3.30. The van der Waals surface area contributed by atoms with Gasteiger partial charge in [0.25, 0.3) is 0 Å². The number of hydrogen-bond acceptors (Lipinski definition) is 4. The average Bonchev–Trinajstić information content (AvgIpc) is 3.13. The highest BCUT2D eigenvalue weighted by Gasteiger charge is 2.33. The molecule has 138 valence electrons. The summed E-state index contributed by atoms with van der Waals surface area (Å²) in [4.78, 5) is 18.4. The van der Waals surface area contributed by atoms with Gasteiger partial charge in [0.15, 0.2) is 5.76 Å². The Hall–Kier alpha value is -3.15. The van der Waals surface area contributed by atoms with E-state index in [9.17, 15) is 9.18 Å². The van der Waals surface area contributed by atoms with Crippen LogP contribution in [-0.4, -0.2) is 16.9 Å². The van der Waals surface area contributed by atoms with Gasteiger partial charge in [0.05, 0.1) is 18.7 Å². The van der Waals surface area contributed by atoms with Crippen LogP contribution in [0.1, 0.15) is 30.7 Å². The van der Waals surface area contributed by atoms with Crippen LogP contribution in [-0.2, 0) is 11.3 Å². The van der Waals surface area contributed by atoms with Crippen LogP contribution in [0.3, 0.4) is 0 Å². The molecule has 4 rings (SSSR count). The number of para-hydroxylation sites is 1.